The van der Waals surface area contributed by atoms with Crippen LogP contribution < -0.4 is 11.2 Å². The van der Waals surface area contributed by atoms with E-state index in [0.29, 0.717) is 0 Å². The van der Waals surface area contributed by atoms with Gasteiger partial charge in [-0.15, -0.1) is 0 Å². The molecule has 0 bridgehead atoms. The summed E-state index contributed by atoms with van der Waals surface area (Å²) in [6, 6.07) is 1.03. The molecular weight excluding hydrogens is 374 g/mol. The van der Waals surface area contributed by atoms with Crippen molar-refractivity contribution < 1.29 is 42.5 Å². The number of phosphoric ester groups is 2. The van der Waals surface area contributed by atoms with Gasteiger partial charge in [-0.25, -0.2) is 13.9 Å². The first-order chi connectivity index (χ1) is 10.9. The maximum atomic E-state index is 11.7. The first kappa shape index (κ1) is 19.2. The number of aromatic amines is 1. The van der Waals surface area contributed by atoms with Crippen molar-refractivity contribution in [2.75, 3.05) is 6.61 Å². The lowest BCUT2D eigenvalue weighted by molar-refractivity contribution is -0.0444. The van der Waals surface area contributed by atoms with Gasteiger partial charge in [-0.2, -0.15) is 0 Å². The first-order valence-electron chi connectivity index (χ1n) is 6.35. The Morgan fingerprint density at radius 2 is 1.92 bits per heavy atom. The molecule has 1 aliphatic heterocycles. The molecule has 0 saturated carbocycles. The van der Waals surface area contributed by atoms with Gasteiger partial charge in [0.2, 0.25) is 0 Å². The number of aromatic nitrogens is 2. The zero-order valence-corrected chi connectivity index (χ0v) is 13.6. The highest BCUT2D eigenvalue weighted by Crippen LogP contribution is 2.44. The zero-order valence-electron chi connectivity index (χ0n) is 11.8. The monoisotopic (exact) mass is 388 g/mol. The highest BCUT2D eigenvalue weighted by Gasteiger charge is 2.42. The molecule has 2 rings (SSSR count). The van der Waals surface area contributed by atoms with Crippen molar-refractivity contribution in [3.8, 4) is 0 Å². The smallest absolute Gasteiger partial charge is 0.349 e. The molecule has 1 aliphatic rings. The molecule has 2 heterocycles. The Bertz CT molecular complexity index is 791. The summed E-state index contributed by atoms with van der Waals surface area (Å²) in [4.78, 5) is 59.9. The Kier molecular flexibility index (Phi) is 5.60. The predicted octanol–water partition coefficient (Wildman–Crippen LogP) is -1.59. The highest BCUT2D eigenvalue weighted by atomic mass is 31.2. The summed E-state index contributed by atoms with van der Waals surface area (Å²) in [6.45, 7) is -0.733. The van der Waals surface area contributed by atoms with E-state index in [4.69, 9.17) is 24.3 Å². The second kappa shape index (κ2) is 7.00. The fourth-order valence-corrected chi connectivity index (χ4v) is 3.05. The summed E-state index contributed by atoms with van der Waals surface area (Å²) in [7, 11) is -9.78. The molecule has 13 nitrogen and oxygen atoms in total. The molecule has 1 fully saturated rings. The molecule has 0 aromatic carbocycles. The number of nitrogens with zero attached hydrogens (tertiary/aromatic N) is 1. The number of rotatable bonds is 6. The van der Waals surface area contributed by atoms with E-state index in [1.807, 2.05) is 4.98 Å². The molecule has 1 aromatic heterocycles. The van der Waals surface area contributed by atoms with Gasteiger partial charge >= 0.3 is 21.3 Å². The van der Waals surface area contributed by atoms with Gasteiger partial charge in [0.25, 0.3) is 5.56 Å². The van der Waals surface area contributed by atoms with Crippen LogP contribution in [-0.2, 0) is 22.9 Å². The fraction of sp³-hybridized carbons (Fsp3) is 0.556. The first-order valence-corrected chi connectivity index (χ1v) is 9.42. The Balaban J connectivity index is 2.21. The number of hydrogen-bond acceptors (Lipinski definition) is 7. The predicted molar refractivity (Wildman–Crippen MR) is 74.8 cm³/mol. The highest BCUT2D eigenvalue weighted by molar-refractivity contribution is 7.46. The van der Waals surface area contributed by atoms with Crippen molar-refractivity contribution in [2.24, 2.45) is 0 Å². The molecule has 0 radical (unpaired) electrons. The summed E-state index contributed by atoms with van der Waals surface area (Å²) in [5, 5.41) is 0. The van der Waals surface area contributed by atoms with Gasteiger partial charge in [0.05, 0.1) is 6.61 Å². The van der Waals surface area contributed by atoms with Crippen LogP contribution in [0.3, 0.4) is 0 Å². The molecule has 136 valence electrons. The largest absolute Gasteiger partial charge is 0.469 e. The van der Waals surface area contributed by atoms with Crippen LogP contribution in [0.4, 0.5) is 0 Å². The van der Waals surface area contributed by atoms with E-state index < -0.39 is 51.9 Å². The van der Waals surface area contributed by atoms with Crippen molar-refractivity contribution in [3.05, 3.63) is 33.1 Å². The van der Waals surface area contributed by atoms with Crippen molar-refractivity contribution in [3.63, 3.8) is 0 Å². The van der Waals surface area contributed by atoms with E-state index in [0.717, 1.165) is 16.8 Å². The molecule has 24 heavy (non-hydrogen) atoms. The molecule has 1 unspecified atom stereocenters. The summed E-state index contributed by atoms with van der Waals surface area (Å²) in [5.74, 6) is 0. The van der Waals surface area contributed by atoms with Gasteiger partial charge in [0.15, 0.2) is 0 Å². The number of H-pyrrole nitrogens is 1. The standard InChI is InChI=1S/C9H14N2O11P2/c12-7-1-2-11(9(13)10-7)8-3-5(22-24(17,18)19)6(21-8)4-20-23(14,15)16/h1-2,5-6,8H,3-4H2,(H,10,12,13)(H2,14,15,16)(H2,17,18,19)/t5?,6-,8-/m1/s1. The van der Waals surface area contributed by atoms with E-state index in [1.165, 1.54) is 0 Å². The third kappa shape index (κ3) is 5.45. The lowest BCUT2D eigenvalue weighted by Gasteiger charge is -2.19. The van der Waals surface area contributed by atoms with E-state index in [-0.39, 0.29) is 6.42 Å². The number of ether oxygens (including phenoxy) is 1. The minimum atomic E-state index is -4.93. The van der Waals surface area contributed by atoms with Crippen LogP contribution in [0.1, 0.15) is 12.6 Å². The summed E-state index contributed by atoms with van der Waals surface area (Å²) >= 11 is 0. The molecule has 3 atom stereocenters. The Labute approximate surface area is 133 Å². The third-order valence-electron chi connectivity index (χ3n) is 3.02. The average molecular weight is 388 g/mol. The topological polar surface area (TPSA) is 198 Å². The Morgan fingerprint density at radius 3 is 2.46 bits per heavy atom. The average Bonchev–Trinajstić information content (AvgIpc) is 2.76. The van der Waals surface area contributed by atoms with E-state index in [9.17, 15) is 18.7 Å². The van der Waals surface area contributed by atoms with Crippen LogP contribution in [0.15, 0.2) is 21.9 Å². The minimum Gasteiger partial charge on any atom is -0.349 e. The zero-order chi connectivity index (χ0) is 18.1. The summed E-state index contributed by atoms with van der Waals surface area (Å²) < 4.78 is 36.8. The van der Waals surface area contributed by atoms with Crippen LogP contribution in [0, 0.1) is 0 Å². The molecule has 1 saturated heterocycles. The quantitative estimate of drug-likeness (QED) is 0.352. The summed E-state index contributed by atoms with van der Waals surface area (Å²) in [6.07, 6.45) is -2.79. The molecule has 1 aromatic rings. The number of hydrogen-bond donors (Lipinski definition) is 5. The molecule has 0 aliphatic carbocycles. The van der Waals surface area contributed by atoms with Crippen molar-refractivity contribution in [1.82, 2.24) is 9.55 Å². The van der Waals surface area contributed by atoms with Gasteiger partial charge < -0.3 is 24.3 Å². The number of nitrogens with one attached hydrogen (secondary N) is 1. The van der Waals surface area contributed by atoms with Gasteiger partial charge in [-0.3, -0.25) is 23.4 Å². The number of phosphoric acid groups is 2. The maximum Gasteiger partial charge on any atom is 0.469 e. The van der Waals surface area contributed by atoms with E-state index >= 15 is 0 Å². The minimum absolute atomic E-state index is 0.230. The lowest BCUT2D eigenvalue weighted by atomic mass is 10.2. The van der Waals surface area contributed by atoms with E-state index in [2.05, 4.69) is 9.05 Å². The van der Waals surface area contributed by atoms with Gasteiger partial charge in [-0.05, 0) is 0 Å². The lowest BCUT2D eigenvalue weighted by Crippen LogP contribution is -2.31. The van der Waals surface area contributed by atoms with Gasteiger partial charge in [0.1, 0.15) is 18.4 Å². The van der Waals surface area contributed by atoms with Crippen LogP contribution in [0.5, 0.6) is 0 Å². The molecule has 15 heteroatoms. The Morgan fingerprint density at radius 1 is 1.25 bits per heavy atom. The second-order valence-electron chi connectivity index (χ2n) is 4.80. The van der Waals surface area contributed by atoms with Crippen molar-refractivity contribution >= 4 is 15.6 Å². The third-order valence-corrected chi connectivity index (χ3v) is 4.05. The van der Waals surface area contributed by atoms with Gasteiger partial charge in [0, 0.05) is 18.7 Å². The Hall–Kier alpha value is -1.14. The van der Waals surface area contributed by atoms with Crippen LogP contribution in [0.2, 0.25) is 0 Å². The van der Waals surface area contributed by atoms with E-state index in [1.54, 1.807) is 0 Å². The fourth-order valence-electron chi connectivity index (χ4n) is 2.13. The van der Waals surface area contributed by atoms with Crippen LogP contribution >= 0.6 is 15.6 Å². The molecule has 0 amide bonds. The van der Waals surface area contributed by atoms with Gasteiger partial charge in [-0.1, -0.05) is 0 Å². The second-order valence-corrected chi connectivity index (χ2v) is 7.23. The maximum absolute atomic E-state index is 11.7. The molecular formula is C9H14N2O11P2. The molecule has 0 spiro atoms. The van der Waals surface area contributed by atoms with Crippen molar-refractivity contribution in [2.45, 2.75) is 24.9 Å². The normalized spacial score (nSPS) is 25.1. The SMILES string of the molecule is O=c1ccn([C@H]2CC(OP(=O)(O)O)[C@@H](COP(=O)(O)O)O2)c(=O)[nH]1. The van der Waals surface area contributed by atoms with Crippen LogP contribution in [-0.4, -0.2) is 47.9 Å². The summed E-state index contributed by atoms with van der Waals surface area (Å²) in [5.41, 5.74) is -1.49. The van der Waals surface area contributed by atoms with Crippen LogP contribution in [0.25, 0.3) is 0 Å². The van der Waals surface area contributed by atoms with Crippen molar-refractivity contribution in [1.29, 1.82) is 0 Å². The molecule has 5 N–H and O–H groups in total.